The van der Waals surface area contributed by atoms with Gasteiger partial charge in [-0.3, -0.25) is 9.59 Å². The zero-order valence-electron chi connectivity index (χ0n) is 15.3. The molecular formula is C20H27N3O2. The van der Waals surface area contributed by atoms with Gasteiger partial charge in [0.1, 0.15) is 5.69 Å². The van der Waals surface area contributed by atoms with Crippen LogP contribution in [0, 0.1) is 0 Å². The largest absolute Gasteiger partial charge is 0.334 e. The van der Waals surface area contributed by atoms with E-state index in [4.69, 9.17) is 0 Å². The zero-order valence-corrected chi connectivity index (χ0v) is 15.3. The molecule has 0 aliphatic carbocycles. The van der Waals surface area contributed by atoms with Crippen molar-refractivity contribution in [2.24, 2.45) is 7.05 Å². The van der Waals surface area contributed by atoms with Crippen LogP contribution in [0.5, 0.6) is 0 Å². The number of hydrogen-bond acceptors (Lipinski definition) is 3. The number of aromatic nitrogens is 2. The Morgan fingerprint density at radius 3 is 2.44 bits per heavy atom. The Morgan fingerprint density at radius 1 is 1.12 bits per heavy atom. The summed E-state index contributed by atoms with van der Waals surface area (Å²) in [5.41, 5.74) is 1.33. The molecule has 0 N–H and O–H groups in total. The van der Waals surface area contributed by atoms with E-state index in [-0.39, 0.29) is 17.5 Å². The van der Waals surface area contributed by atoms with Crippen molar-refractivity contribution in [3.63, 3.8) is 0 Å². The van der Waals surface area contributed by atoms with Gasteiger partial charge in [-0.2, -0.15) is 5.10 Å². The van der Waals surface area contributed by atoms with Gasteiger partial charge in [0.15, 0.2) is 0 Å². The van der Waals surface area contributed by atoms with Crippen LogP contribution in [0.3, 0.4) is 0 Å². The molecule has 0 aliphatic heterocycles. The van der Waals surface area contributed by atoms with Crippen LogP contribution in [0.2, 0.25) is 0 Å². The highest BCUT2D eigenvalue weighted by Gasteiger charge is 2.25. The molecular weight excluding hydrogens is 314 g/mol. The van der Waals surface area contributed by atoms with Crippen LogP contribution in [-0.4, -0.2) is 33.2 Å². The quantitative estimate of drug-likeness (QED) is 0.741. The molecule has 0 spiro atoms. The zero-order chi connectivity index (χ0) is 18.2. The monoisotopic (exact) mass is 341 g/mol. The van der Waals surface area contributed by atoms with E-state index in [1.54, 1.807) is 7.05 Å². The van der Waals surface area contributed by atoms with Gasteiger partial charge < -0.3 is 4.90 Å². The van der Waals surface area contributed by atoms with E-state index in [0.29, 0.717) is 12.2 Å². The summed E-state index contributed by atoms with van der Waals surface area (Å²) in [6.07, 6.45) is 3.65. The third-order valence-corrected chi connectivity index (χ3v) is 4.28. The van der Waals surface area contributed by atoms with E-state index in [1.165, 1.54) is 22.4 Å². The van der Waals surface area contributed by atoms with Gasteiger partial charge in [0.25, 0.3) is 11.5 Å². The van der Waals surface area contributed by atoms with Crippen LogP contribution >= 0.6 is 0 Å². The minimum absolute atomic E-state index is 0.105. The average Bonchev–Trinajstić information content (AvgIpc) is 2.62. The van der Waals surface area contributed by atoms with Gasteiger partial charge in [0.2, 0.25) is 0 Å². The Balaban J connectivity index is 2.29. The fourth-order valence-corrected chi connectivity index (χ4v) is 3.04. The Labute approximate surface area is 149 Å². The molecule has 1 heterocycles. The Bertz CT molecular complexity index is 740. The highest BCUT2D eigenvalue weighted by atomic mass is 16.2. The number of nitrogens with zero attached hydrogens (tertiary/aromatic N) is 3. The Kier molecular flexibility index (Phi) is 6.92. The molecule has 0 fully saturated rings. The van der Waals surface area contributed by atoms with Crippen molar-refractivity contribution in [3.8, 4) is 0 Å². The van der Waals surface area contributed by atoms with Crippen LogP contribution in [0.25, 0.3) is 0 Å². The van der Waals surface area contributed by atoms with Crippen LogP contribution in [0.4, 0.5) is 0 Å². The summed E-state index contributed by atoms with van der Waals surface area (Å²) in [5, 5.41) is 4.14. The van der Waals surface area contributed by atoms with Gasteiger partial charge in [-0.25, -0.2) is 4.68 Å². The third kappa shape index (κ3) is 5.02. The number of carbonyl (C=O) groups is 1. The third-order valence-electron chi connectivity index (χ3n) is 4.28. The minimum atomic E-state index is -0.215. The lowest BCUT2D eigenvalue weighted by molar-refractivity contribution is 0.0657. The van der Waals surface area contributed by atoms with E-state index in [0.717, 1.165) is 25.7 Å². The molecule has 25 heavy (non-hydrogen) atoms. The lowest BCUT2D eigenvalue weighted by atomic mass is 10.00. The first-order valence-electron chi connectivity index (χ1n) is 8.96. The molecule has 0 unspecified atom stereocenters. The first kappa shape index (κ1) is 18.9. The summed E-state index contributed by atoms with van der Waals surface area (Å²) in [4.78, 5) is 26.5. The number of carbonyl (C=O) groups excluding carboxylic acids is 1. The second-order valence-corrected chi connectivity index (χ2v) is 6.31. The molecule has 0 saturated heterocycles. The van der Waals surface area contributed by atoms with E-state index < -0.39 is 0 Å². The predicted octanol–water partition coefficient (Wildman–Crippen LogP) is 3.04. The van der Waals surface area contributed by atoms with E-state index in [1.807, 2.05) is 23.1 Å². The van der Waals surface area contributed by atoms with Crippen molar-refractivity contribution >= 4 is 5.91 Å². The van der Waals surface area contributed by atoms with Crippen molar-refractivity contribution in [1.29, 1.82) is 0 Å². The Morgan fingerprint density at radius 2 is 1.84 bits per heavy atom. The van der Waals surface area contributed by atoms with Gasteiger partial charge in [0, 0.05) is 25.7 Å². The topological polar surface area (TPSA) is 55.2 Å². The van der Waals surface area contributed by atoms with Crippen LogP contribution < -0.4 is 5.56 Å². The molecule has 0 saturated carbocycles. The molecule has 0 aliphatic rings. The maximum absolute atomic E-state index is 13.1. The molecule has 5 heteroatoms. The molecule has 2 rings (SSSR count). The van der Waals surface area contributed by atoms with E-state index in [2.05, 4.69) is 31.1 Å². The van der Waals surface area contributed by atoms with Crippen molar-refractivity contribution in [3.05, 3.63) is 64.1 Å². The predicted molar refractivity (Wildman–Crippen MR) is 99.6 cm³/mol. The summed E-state index contributed by atoms with van der Waals surface area (Å²) < 4.78 is 1.21. The smallest absolute Gasteiger partial charge is 0.274 e. The Hall–Kier alpha value is -2.43. The molecule has 0 bridgehead atoms. The fourth-order valence-electron chi connectivity index (χ4n) is 3.04. The van der Waals surface area contributed by atoms with Crippen LogP contribution in [0.15, 0.2) is 47.3 Å². The molecule has 1 atom stereocenters. The maximum atomic E-state index is 13.1. The van der Waals surface area contributed by atoms with Gasteiger partial charge in [-0.15, -0.1) is 0 Å². The van der Waals surface area contributed by atoms with E-state index in [9.17, 15) is 9.59 Å². The van der Waals surface area contributed by atoms with E-state index >= 15 is 0 Å². The normalized spacial score (nSPS) is 12.0. The lowest BCUT2D eigenvalue weighted by Gasteiger charge is -2.31. The first-order valence-corrected chi connectivity index (χ1v) is 8.96. The van der Waals surface area contributed by atoms with Crippen molar-refractivity contribution in [2.45, 2.75) is 45.6 Å². The van der Waals surface area contributed by atoms with Gasteiger partial charge in [-0.05, 0) is 30.9 Å². The van der Waals surface area contributed by atoms with Gasteiger partial charge in [-0.1, -0.05) is 50.6 Å². The fraction of sp³-hybridized carbons (Fsp3) is 0.450. The molecule has 0 radical (unpaired) electrons. The standard InChI is InChI=1S/C20H27N3O2/c1-4-9-17(15-16-10-7-6-8-11-16)23(14-5-2)20(25)18-12-13-19(24)22(3)21-18/h6-8,10-13,17H,4-5,9,14-15H2,1-3H3/t17-/m1/s1. The second-order valence-electron chi connectivity index (χ2n) is 6.31. The number of hydrogen-bond donors (Lipinski definition) is 0. The van der Waals surface area contributed by atoms with Gasteiger partial charge >= 0.3 is 0 Å². The summed E-state index contributed by atoms with van der Waals surface area (Å²) in [7, 11) is 1.57. The molecule has 1 amide bonds. The molecule has 5 nitrogen and oxygen atoms in total. The molecule has 1 aromatic carbocycles. The lowest BCUT2D eigenvalue weighted by Crippen LogP contribution is -2.43. The molecule has 134 valence electrons. The summed E-state index contributed by atoms with van der Waals surface area (Å²) in [5.74, 6) is -0.105. The summed E-state index contributed by atoms with van der Waals surface area (Å²) in [6, 6.07) is 13.3. The molecule has 1 aromatic heterocycles. The number of rotatable bonds is 8. The van der Waals surface area contributed by atoms with Crippen molar-refractivity contribution < 1.29 is 4.79 Å². The number of benzene rings is 1. The summed E-state index contributed by atoms with van der Waals surface area (Å²) >= 11 is 0. The highest BCUT2D eigenvalue weighted by molar-refractivity contribution is 5.92. The van der Waals surface area contributed by atoms with Crippen molar-refractivity contribution in [1.82, 2.24) is 14.7 Å². The minimum Gasteiger partial charge on any atom is -0.334 e. The van der Waals surface area contributed by atoms with Gasteiger partial charge in [0.05, 0.1) is 0 Å². The number of amides is 1. The first-order chi connectivity index (χ1) is 12.1. The second kappa shape index (κ2) is 9.16. The number of aryl methyl sites for hydroxylation is 1. The maximum Gasteiger partial charge on any atom is 0.274 e. The van der Waals surface area contributed by atoms with Crippen LogP contribution in [0.1, 0.15) is 49.2 Å². The van der Waals surface area contributed by atoms with Crippen molar-refractivity contribution in [2.75, 3.05) is 6.54 Å². The average molecular weight is 341 g/mol. The SMILES string of the molecule is CCC[C@H](Cc1ccccc1)N(CCC)C(=O)c1ccc(=O)n(C)n1. The molecule has 2 aromatic rings. The highest BCUT2D eigenvalue weighted by Crippen LogP contribution is 2.17. The summed E-state index contributed by atoms with van der Waals surface area (Å²) in [6.45, 7) is 4.89. The van der Waals surface area contributed by atoms with Crippen LogP contribution in [-0.2, 0) is 13.5 Å².